The van der Waals surface area contributed by atoms with Crippen LogP contribution in [0, 0.1) is 0 Å². The first-order valence-electron chi connectivity index (χ1n) is 28.5. The largest absolute Gasteiger partial charge is 0.472 e. The van der Waals surface area contributed by atoms with E-state index in [-0.39, 0.29) is 25.9 Å². The van der Waals surface area contributed by atoms with Gasteiger partial charge in [0.15, 0.2) is 6.10 Å². The molecule has 3 unspecified atom stereocenters. The van der Waals surface area contributed by atoms with Crippen LogP contribution >= 0.6 is 7.82 Å². The van der Waals surface area contributed by atoms with Gasteiger partial charge in [-0.25, -0.2) is 4.57 Å². The molecule has 0 saturated heterocycles. The summed E-state index contributed by atoms with van der Waals surface area (Å²) in [6, 6.07) is 0. The Labute approximate surface area is 428 Å². The highest BCUT2D eigenvalue weighted by Crippen LogP contribution is 2.43. The lowest BCUT2D eigenvalue weighted by molar-refractivity contribution is -0.161. The zero-order chi connectivity index (χ0) is 51.3. The van der Waals surface area contributed by atoms with Crippen LogP contribution in [0.3, 0.4) is 0 Å². The van der Waals surface area contributed by atoms with Crippen LogP contribution < -0.4 is 0 Å². The number of carbonyl (C=O) groups excluding carboxylic acids is 3. The Morgan fingerprint density at radius 3 is 1.09 bits per heavy atom. The molecule has 3 atom stereocenters. The molecule has 0 aliphatic heterocycles. The lowest BCUT2D eigenvalue weighted by Gasteiger charge is -2.21. The highest BCUT2D eigenvalue weighted by Gasteiger charge is 2.28. The van der Waals surface area contributed by atoms with Crippen molar-refractivity contribution < 1.29 is 52.2 Å². The third-order valence-corrected chi connectivity index (χ3v) is 13.2. The molecule has 0 aliphatic carbocycles. The quantitative estimate of drug-likeness (QED) is 0.0197. The summed E-state index contributed by atoms with van der Waals surface area (Å²) in [6.45, 7) is 4.58. The fourth-order valence-electron chi connectivity index (χ4n) is 7.83. The van der Waals surface area contributed by atoms with Crippen LogP contribution in [0.2, 0.25) is 0 Å². The Bertz CT molecular complexity index is 1360. The first kappa shape index (κ1) is 67.4. The zero-order valence-electron chi connectivity index (χ0n) is 45.0. The van der Waals surface area contributed by atoms with Gasteiger partial charge in [-0.1, -0.05) is 211 Å². The molecule has 70 heavy (non-hydrogen) atoms. The van der Waals surface area contributed by atoms with E-state index in [1.165, 1.54) is 109 Å². The Morgan fingerprint density at radius 2 is 0.700 bits per heavy atom. The third kappa shape index (κ3) is 50.4. The Hall–Kier alpha value is -2.56. The number of aliphatic hydroxyl groups excluding tert-OH is 1. The molecule has 0 fully saturated rings. The first-order chi connectivity index (χ1) is 34.2. The van der Waals surface area contributed by atoms with Crippen molar-refractivity contribution in [2.24, 2.45) is 0 Å². The number of phosphoric acid groups is 1. The van der Waals surface area contributed by atoms with Gasteiger partial charge in [0.1, 0.15) is 12.7 Å². The molecule has 0 aliphatic rings. The normalized spacial score (nSPS) is 13.7. The van der Waals surface area contributed by atoms with Gasteiger partial charge in [-0.05, 0) is 83.5 Å². The van der Waals surface area contributed by atoms with Crippen molar-refractivity contribution in [2.75, 3.05) is 26.4 Å². The molecule has 0 aromatic heterocycles. The van der Waals surface area contributed by atoms with Crippen LogP contribution in [0.4, 0.5) is 0 Å². The minimum Gasteiger partial charge on any atom is -0.462 e. The van der Waals surface area contributed by atoms with Gasteiger partial charge in [0, 0.05) is 19.3 Å². The maximum absolute atomic E-state index is 12.9. The predicted molar refractivity (Wildman–Crippen MR) is 289 cm³/mol. The fraction of sp³-hybridized carbons (Fsp3) is 0.810. The molecular weight excluding hydrogens is 904 g/mol. The molecule has 0 aromatic rings. The fourth-order valence-corrected chi connectivity index (χ4v) is 8.61. The summed E-state index contributed by atoms with van der Waals surface area (Å²) in [5, 5.41) is 9.79. The average Bonchev–Trinajstić information content (AvgIpc) is 3.35. The van der Waals surface area contributed by atoms with E-state index in [4.69, 9.17) is 23.3 Å². The van der Waals surface area contributed by atoms with Crippen molar-refractivity contribution in [3.63, 3.8) is 0 Å². The number of hydrogen-bond donors (Lipinski definition) is 2. The van der Waals surface area contributed by atoms with Crippen LogP contribution in [0.25, 0.3) is 0 Å². The second-order valence-corrected chi connectivity index (χ2v) is 20.6. The van der Waals surface area contributed by atoms with E-state index in [1.54, 1.807) is 0 Å². The van der Waals surface area contributed by atoms with Gasteiger partial charge < -0.3 is 24.2 Å². The van der Waals surface area contributed by atoms with Gasteiger partial charge in [-0.15, -0.1) is 0 Å². The van der Waals surface area contributed by atoms with Crippen LogP contribution in [-0.2, 0) is 42.2 Å². The number of carbonyl (C=O) groups is 3. The minimum absolute atomic E-state index is 0.151. The van der Waals surface area contributed by atoms with Crippen LogP contribution in [0.5, 0.6) is 0 Å². The number of phosphoric ester groups is 1. The molecule has 0 radical (unpaired) electrons. The van der Waals surface area contributed by atoms with Gasteiger partial charge in [0.25, 0.3) is 0 Å². The minimum atomic E-state index is -4.75. The summed E-state index contributed by atoms with van der Waals surface area (Å²) in [4.78, 5) is 48.4. The maximum atomic E-state index is 12.9. The molecule has 0 spiro atoms. The van der Waals surface area contributed by atoms with Crippen molar-refractivity contribution in [3.8, 4) is 0 Å². The van der Waals surface area contributed by atoms with E-state index in [0.29, 0.717) is 19.3 Å². The average molecular weight is 1010 g/mol. The van der Waals surface area contributed by atoms with E-state index in [0.717, 1.165) is 96.3 Å². The van der Waals surface area contributed by atoms with Crippen molar-refractivity contribution in [1.82, 2.24) is 0 Å². The number of ether oxygens (including phenoxy) is 3. The SMILES string of the molecule is CCCCC/C=C\C/C=C\CCCCCCCCCC(=O)OCC(COP(=O)(O)OCC(CO)OC(=O)CCCCCCCCCCCCC)OC(=O)CCCCCCC/C=C\C/C=C\CCCCC. The Kier molecular flexibility index (Phi) is 50.8. The van der Waals surface area contributed by atoms with Gasteiger partial charge in [-0.3, -0.25) is 23.4 Å². The van der Waals surface area contributed by atoms with Crippen LogP contribution in [0.15, 0.2) is 48.6 Å². The molecule has 0 rings (SSSR count). The zero-order valence-corrected chi connectivity index (χ0v) is 45.9. The molecule has 408 valence electrons. The molecule has 0 heterocycles. The van der Waals surface area contributed by atoms with Gasteiger partial charge in [0.05, 0.1) is 19.8 Å². The van der Waals surface area contributed by atoms with Crippen LogP contribution in [0.1, 0.15) is 265 Å². The summed E-state index contributed by atoms with van der Waals surface area (Å²) < 4.78 is 39.5. The van der Waals surface area contributed by atoms with Crippen LogP contribution in [-0.4, -0.2) is 66.5 Å². The smallest absolute Gasteiger partial charge is 0.462 e. The third-order valence-electron chi connectivity index (χ3n) is 12.2. The van der Waals surface area contributed by atoms with Crippen molar-refractivity contribution >= 4 is 25.7 Å². The molecule has 0 amide bonds. The van der Waals surface area contributed by atoms with Gasteiger partial charge in [-0.2, -0.15) is 0 Å². The second kappa shape index (κ2) is 52.8. The number of aliphatic hydroxyl groups is 1. The lowest BCUT2D eigenvalue weighted by Crippen LogP contribution is -2.30. The molecular formula is C58H105O11P. The Balaban J connectivity index is 4.75. The van der Waals surface area contributed by atoms with E-state index in [9.17, 15) is 28.9 Å². The molecule has 0 saturated carbocycles. The molecule has 12 heteroatoms. The summed E-state index contributed by atoms with van der Waals surface area (Å²) in [5.41, 5.74) is 0. The summed E-state index contributed by atoms with van der Waals surface area (Å²) in [7, 11) is -4.75. The predicted octanol–water partition coefficient (Wildman–Crippen LogP) is 16.6. The molecule has 0 aromatic carbocycles. The second-order valence-electron chi connectivity index (χ2n) is 19.1. The molecule has 11 nitrogen and oxygen atoms in total. The van der Waals surface area contributed by atoms with Crippen molar-refractivity contribution in [1.29, 1.82) is 0 Å². The summed E-state index contributed by atoms with van der Waals surface area (Å²) in [6.07, 6.45) is 54.9. The van der Waals surface area contributed by atoms with E-state index >= 15 is 0 Å². The topological polar surface area (TPSA) is 155 Å². The molecule has 2 N–H and O–H groups in total. The lowest BCUT2D eigenvalue weighted by atomic mass is 10.1. The number of rotatable bonds is 53. The molecule has 0 bridgehead atoms. The van der Waals surface area contributed by atoms with E-state index in [1.807, 2.05) is 0 Å². The highest BCUT2D eigenvalue weighted by atomic mass is 31.2. The maximum Gasteiger partial charge on any atom is 0.472 e. The summed E-state index contributed by atoms with van der Waals surface area (Å²) in [5.74, 6) is -1.48. The van der Waals surface area contributed by atoms with Gasteiger partial charge in [0.2, 0.25) is 0 Å². The van der Waals surface area contributed by atoms with E-state index in [2.05, 4.69) is 69.4 Å². The number of esters is 3. The summed E-state index contributed by atoms with van der Waals surface area (Å²) >= 11 is 0. The number of hydrogen-bond acceptors (Lipinski definition) is 10. The van der Waals surface area contributed by atoms with Crippen molar-refractivity contribution in [2.45, 2.75) is 277 Å². The number of unbranched alkanes of at least 4 members (excludes halogenated alkanes) is 28. The van der Waals surface area contributed by atoms with Crippen molar-refractivity contribution in [3.05, 3.63) is 48.6 Å². The van der Waals surface area contributed by atoms with Gasteiger partial charge >= 0.3 is 25.7 Å². The highest BCUT2D eigenvalue weighted by molar-refractivity contribution is 7.47. The van der Waals surface area contributed by atoms with E-state index < -0.39 is 57.8 Å². The first-order valence-corrected chi connectivity index (χ1v) is 30.0. The number of allylic oxidation sites excluding steroid dienone is 8. The Morgan fingerprint density at radius 1 is 0.400 bits per heavy atom. The standard InChI is InChI=1S/C58H105O11P/c1-4-7-10-13-16-19-22-24-26-27-29-30-33-35-38-41-44-47-56(60)65-51-55(69-58(62)49-46-43-40-37-34-31-28-25-23-20-17-14-11-8-5-2)53-67-70(63,64)66-52-54(50-59)68-57(61)48-45-42-39-36-32-21-18-15-12-9-6-3/h16-17,19-20,24-26,28,54-55,59H,4-15,18,21-23,27,29-53H2,1-3H3,(H,63,64)/b19-16-,20-17-,26-24-,28-25-. The monoisotopic (exact) mass is 1010 g/mol.